The zero-order valence-corrected chi connectivity index (χ0v) is 9.76. The molecule has 2 rings (SSSR count). The predicted octanol–water partition coefficient (Wildman–Crippen LogP) is 1.94. The van der Waals surface area contributed by atoms with E-state index in [9.17, 15) is 0 Å². The van der Waals surface area contributed by atoms with Gasteiger partial charge in [0.2, 0.25) is 0 Å². The highest BCUT2D eigenvalue weighted by Crippen LogP contribution is 2.25. The number of furan rings is 1. The molecule has 0 amide bonds. The van der Waals surface area contributed by atoms with Crippen LogP contribution in [-0.4, -0.2) is 24.5 Å². The minimum Gasteiger partial charge on any atom is -0.468 e. The Balaban J connectivity index is 1.84. The third-order valence-electron chi connectivity index (χ3n) is 2.75. The quantitative estimate of drug-likeness (QED) is 0.857. The first-order valence-corrected chi connectivity index (χ1v) is 6.30. The first kappa shape index (κ1) is 11.0. The van der Waals surface area contributed by atoms with Crippen molar-refractivity contribution in [1.82, 2.24) is 0 Å². The van der Waals surface area contributed by atoms with Crippen molar-refractivity contribution in [3.8, 4) is 0 Å². The molecule has 84 valence electrons. The molecule has 0 spiro atoms. The van der Waals surface area contributed by atoms with Crippen LogP contribution in [0.1, 0.15) is 17.7 Å². The van der Waals surface area contributed by atoms with Gasteiger partial charge in [0.05, 0.1) is 18.6 Å². The largest absolute Gasteiger partial charge is 0.468 e. The van der Waals surface area contributed by atoms with E-state index in [1.807, 2.05) is 17.8 Å². The first-order chi connectivity index (χ1) is 7.27. The van der Waals surface area contributed by atoms with Gasteiger partial charge in [-0.2, -0.15) is 0 Å². The average molecular weight is 227 g/mol. The van der Waals surface area contributed by atoms with Gasteiger partial charge in [-0.3, -0.25) is 0 Å². The molecule has 1 aromatic heterocycles. The van der Waals surface area contributed by atoms with E-state index < -0.39 is 0 Å². The minimum atomic E-state index is 0.263. The predicted molar refractivity (Wildman–Crippen MR) is 61.9 cm³/mol. The summed E-state index contributed by atoms with van der Waals surface area (Å²) in [6.45, 7) is 3.64. The molecule has 0 bridgehead atoms. The average Bonchev–Trinajstić information content (AvgIpc) is 2.63. The van der Waals surface area contributed by atoms with Gasteiger partial charge in [-0.25, -0.2) is 0 Å². The van der Waals surface area contributed by atoms with Crippen molar-refractivity contribution in [3.63, 3.8) is 0 Å². The molecular formula is C11H17NO2S. The van der Waals surface area contributed by atoms with Gasteiger partial charge >= 0.3 is 0 Å². The van der Waals surface area contributed by atoms with Crippen LogP contribution in [0.5, 0.6) is 0 Å². The molecule has 1 aliphatic heterocycles. The first-order valence-electron chi connectivity index (χ1n) is 5.25. The zero-order valence-electron chi connectivity index (χ0n) is 8.94. The Kier molecular flexibility index (Phi) is 3.72. The standard InChI is InChI=1S/C11H17NO2S/c1-8-2-5-14-10(8)7-15-11-6-13-4-3-9(11)12/h2,5,9,11H,3-4,6-7,12H2,1H3. The lowest BCUT2D eigenvalue weighted by Crippen LogP contribution is -2.40. The van der Waals surface area contributed by atoms with Crippen molar-refractivity contribution < 1.29 is 9.15 Å². The lowest BCUT2D eigenvalue weighted by molar-refractivity contribution is 0.0915. The van der Waals surface area contributed by atoms with Crippen LogP contribution < -0.4 is 5.73 Å². The van der Waals surface area contributed by atoms with Crippen LogP contribution in [0.4, 0.5) is 0 Å². The Hall–Kier alpha value is -0.450. The van der Waals surface area contributed by atoms with Gasteiger partial charge < -0.3 is 14.9 Å². The number of aryl methyl sites for hydroxylation is 1. The number of ether oxygens (including phenoxy) is 1. The molecule has 15 heavy (non-hydrogen) atoms. The molecular weight excluding hydrogens is 210 g/mol. The van der Waals surface area contributed by atoms with Crippen molar-refractivity contribution >= 4 is 11.8 Å². The van der Waals surface area contributed by atoms with Crippen LogP contribution in [0.15, 0.2) is 16.7 Å². The number of rotatable bonds is 3. The minimum absolute atomic E-state index is 0.263. The van der Waals surface area contributed by atoms with Crippen LogP contribution >= 0.6 is 11.8 Å². The second-order valence-corrected chi connectivity index (χ2v) is 5.13. The molecule has 1 aliphatic rings. The maximum Gasteiger partial charge on any atom is 0.116 e. The fourth-order valence-electron chi connectivity index (χ4n) is 1.63. The topological polar surface area (TPSA) is 48.4 Å². The summed E-state index contributed by atoms with van der Waals surface area (Å²) in [5, 5.41) is 0.406. The van der Waals surface area contributed by atoms with Crippen LogP contribution in [0, 0.1) is 6.92 Å². The third-order valence-corrected chi connectivity index (χ3v) is 4.09. The van der Waals surface area contributed by atoms with E-state index in [-0.39, 0.29) is 6.04 Å². The normalized spacial score (nSPS) is 26.8. The van der Waals surface area contributed by atoms with Gasteiger partial charge in [0, 0.05) is 17.9 Å². The number of hydrogen-bond acceptors (Lipinski definition) is 4. The molecule has 0 saturated carbocycles. The van der Waals surface area contributed by atoms with E-state index in [2.05, 4.69) is 6.92 Å². The number of nitrogens with two attached hydrogens (primary N) is 1. The Morgan fingerprint density at radius 1 is 1.60 bits per heavy atom. The second kappa shape index (κ2) is 5.05. The van der Waals surface area contributed by atoms with Gasteiger partial charge in [-0.15, -0.1) is 11.8 Å². The molecule has 1 aromatic rings. The number of hydrogen-bond donors (Lipinski definition) is 1. The van der Waals surface area contributed by atoms with Crippen LogP contribution in [0.25, 0.3) is 0 Å². The highest BCUT2D eigenvalue weighted by atomic mass is 32.2. The third kappa shape index (κ3) is 2.77. The maximum absolute atomic E-state index is 6.03. The SMILES string of the molecule is Cc1ccoc1CSC1COCCC1N. The van der Waals surface area contributed by atoms with Gasteiger partial charge in [0.1, 0.15) is 5.76 Å². The molecule has 2 N–H and O–H groups in total. The second-order valence-electron chi connectivity index (χ2n) is 3.90. The monoisotopic (exact) mass is 227 g/mol. The van der Waals surface area contributed by atoms with E-state index in [0.29, 0.717) is 5.25 Å². The molecule has 0 aromatic carbocycles. The summed E-state index contributed by atoms with van der Waals surface area (Å²) < 4.78 is 10.8. The summed E-state index contributed by atoms with van der Waals surface area (Å²) in [5.74, 6) is 1.94. The smallest absolute Gasteiger partial charge is 0.116 e. The van der Waals surface area contributed by atoms with Gasteiger partial charge in [-0.1, -0.05) is 0 Å². The Bertz CT molecular complexity index is 313. The fraction of sp³-hybridized carbons (Fsp3) is 0.636. The Morgan fingerprint density at radius 2 is 2.47 bits per heavy atom. The van der Waals surface area contributed by atoms with Crippen molar-refractivity contribution in [2.45, 2.75) is 30.4 Å². The molecule has 2 unspecified atom stereocenters. The maximum atomic E-state index is 6.03. The molecule has 0 radical (unpaired) electrons. The van der Waals surface area contributed by atoms with Crippen molar-refractivity contribution in [3.05, 3.63) is 23.7 Å². The molecule has 1 fully saturated rings. The highest BCUT2D eigenvalue weighted by molar-refractivity contribution is 7.99. The van der Waals surface area contributed by atoms with Gasteiger partial charge in [-0.05, 0) is 25.0 Å². The molecule has 0 aliphatic carbocycles. The molecule has 2 heterocycles. The lowest BCUT2D eigenvalue weighted by Gasteiger charge is -2.27. The van der Waals surface area contributed by atoms with E-state index in [4.69, 9.17) is 14.9 Å². The van der Waals surface area contributed by atoms with Crippen molar-refractivity contribution in [2.75, 3.05) is 13.2 Å². The number of thioether (sulfide) groups is 1. The molecule has 4 heteroatoms. The lowest BCUT2D eigenvalue weighted by atomic mass is 10.1. The summed E-state index contributed by atoms with van der Waals surface area (Å²) in [4.78, 5) is 0. The Morgan fingerprint density at radius 3 is 3.13 bits per heavy atom. The fourth-order valence-corrected chi connectivity index (χ4v) is 2.87. The summed E-state index contributed by atoms with van der Waals surface area (Å²) in [6, 6.07) is 2.26. The van der Waals surface area contributed by atoms with Crippen LogP contribution in [0.2, 0.25) is 0 Å². The van der Waals surface area contributed by atoms with Gasteiger partial charge in [0.15, 0.2) is 0 Å². The Labute approximate surface area is 94.4 Å². The molecule has 3 nitrogen and oxygen atoms in total. The van der Waals surface area contributed by atoms with Crippen LogP contribution in [0.3, 0.4) is 0 Å². The van der Waals surface area contributed by atoms with Gasteiger partial charge in [0.25, 0.3) is 0 Å². The van der Waals surface area contributed by atoms with E-state index in [1.54, 1.807) is 6.26 Å². The van der Waals surface area contributed by atoms with Crippen molar-refractivity contribution in [2.24, 2.45) is 5.73 Å². The summed E-state index contributed by atoms with van der Waals surface area (Å²) in [7, 11) is 0. The zero-order chi connectivity index (χ0) is 10.7. The van der Waals surface area contributed by atoms with E-state index in [0.717, 1.165) is 31.1 Å². The molecule has 1 saturated heterocycles. The summed E-state index contributed by atoms with van der Waals surface area (Å²) in [5.41, 5.74) is 7.24. The summed E-state index contributed by atoms with van der Waals surface area (Å²) in [6.07, 6.45) is 2.71. The molecule has 2 atom stereocenters. The highest BCUT2D eigenvalue weighted by Gasteiger charge is 2.23. The van der Waals surface area contributed by atoms with E-state index >= 15 is 0 Å². The van der Waals surface area contributed by atoms with E-state index in [1.165, 1.54) is 5.56 Å². The summed E-state index contributed by atoms with van der Waals surface area (Å²) >= 11 is 1.83. The van der Waals surface area contributed by atoms with Crippen LogP contribution in [-0.2, 0) is 10.5 Å². The van der Waals surface area contributed by atoms with Crippen molar-refractivity contribution in [1.29, 1.82) is 0 Å².